The molecule has 5 rings (SSSR count). The number of nitrogens with one attached hydrogen (secondary N) is 2. The van der Waals surface area contributed by atoms with Crippen LogP contribution in [0.1, 0.15) is 43.4 Å². The van der Waals surface area contributed by atoms with Gasteiger partial charge >= 0.3 is 0 Å². The maximum atomic E-state index is 3.92. The molecule has 0 aliphatic carbocycles. The normalized spacial score (nSPS) is 16.5. The summed E-state index contributed by atoms with van der Waals surface area (Å²) in [5, 5.41) is 13.0. The van der Waals surface area contributed by atoms with Crippen molar-refractivity contribution in [1.82, 2.24) is 30.0 Å². The average Bonchev–Trinajstić information content (AvgIpc) is 3.51. The standard InChI is InChI=1S/C26H32N6/c1-20(21-6-3-2-4-7-21)30-23-11-14-31(15-12-23)13-5-8-22-17-27-26-10-9-24(16-25(22)26)32-18-28-29-19-32/h2-4,6-7,9-10,16-20,23,27,30H,5,8,11-15H2,1H3/t20-/m1/s1. The Morgan fingerprint density at radius 3 is 2.62 bits per heavy atom. The van der Waals surface area contributed by atoms with Crippen LogP contribution in [0, 0.1) is 0 Å². The van der Waals surface area contributed by atoms with E-state index in [-0.39, 0.29) is 0 Å². The van der Waals surface area contributed by atoms with E-state index < -0.39 is 0 Å². The molecule has 32 heavy (non-hydrogen) atoms. The van der Waals surface area contributed by atoms with Gasteiger partial charge in [0.2, 0.25) is 0 Å². The van der Waals surface area contributed by atoms with E-state index in [1.807, 2.05) is 4.57 Å². The second-order valence-corrected chi connectivity index (χ2v) is 8.93. The van der Waals surface area contributed by atoms with E-state index in [4.69, 9.17) is 0 Å². The van der Waals surface area contributed by atoms with Crippen molar-refractivity contribution < 1.29 is 0 Å². The Kier molecular flexibility index (Phi) is 6.32. The molecule has 1 saturated heterocycles. The number of likely N-dealkylation sites (tertiary alicyclic amines) is 1. The third-order valence-electron chi connectivity index (χ3n) is 6.76. The highest BCUT2D eigenvalue weighted by Gasteiger charge is 2.20. The van der Waals surface area contributed by atoms with E-state index in [1.165, 1.54) is 60.9 Å². The highest BCUT2D eigenvalue weighted by molar-refractivity contribution is 5.85. The molecule has 1 aliphatic rings. The average molecular weight is 429 g/mol. The van der Waals surface area contributed by atoms with Gasteiger partial charge in [0.05, 0.1) is 0 Å². The van der Waals surface area contributed by atoms with E-state index in [0.717, 1.165) is 12.1 Å². The van der Waals surface area contributed by atoms with Crippen molar-refractivity contribution in [3.05, 3.63) is 78.5 Å². The minimum absolute atomic E-state index is 0.414. The number of aromatic nitrogens is 4. The molecule has 0 radical (unpaired) electrons. The van der Waals surface area contributed by atoms with E-state index >= 15 is 0 Å². The number of fused-ring (bicyclic) bond motifs is 1. The summed E-state index contributed by atoms with van der Waals surface area (Å²) in [5.41, 5.74) is 5.06. The van der Waals surface area contributed by atoms with Crippen LogP contribution in [0.4, 0.5) is 0 Å². The Balaban J connectivity index is 1.10. The molecule has 166 valence electrons. The minimum atomic E-state index is 0.414. The number of rotatable bonds is 8. The molecule has 6 nitrogen and oxygen atoms in total. The molecular formula is C26H32N6. The fourth-order valence-corrected chi connectivity index (χ4v) is 4.88. The van der Waals surface area contributed by atoms with E-state index in [1.54, 1.807) is 12.7 Å². The van der Waals surface area contributed by atoms with Crippen molar-refractivity contribution in [2.45, 2.75) is 44.7 Å². The molecule has 2 aromatic carbocycles. The zero-order valence-corrected chi connectivity index (χ0v) is 18.7. The first kappa shape index (κ1) is 20.9. The minimum Gasteiger partial charge on any atom is -0.361 e. The van der Waals surface area contributed by atoms with Crippen molar-refractivity contribution in [3.63, 3.8) is 0 Å². The van der Waals surface area contributed by atoms with Gasteiger partial charge in [-0.2, -0.15) is 0 Å². The molecule has 1 atom stereocenters. The summed E-state index contributed by atoms with van der Waals surface area (Å²) in [4.78, 5) is 6.05. The molecule has 0 spiro atoms. The van der Waals surface area contributed by atoms with Crippen LogP contribution in [-0.2, 0) is 6.42 Å². The number of nitrogens with zero attached hydrogens (tertiary/aromatic N) is 4. The molecule has 0 saturated carbocycles. The fraction of sp³-hybridized carbons (Fsp3) is 0.385. The zero-order chi connectivity index (χ0) is 21.8. The smallest absolute Gasteiger partial charge is 0.123 e. The summed E-state index contributed by atoms with van der Waals surface area (Å²) in [6.07, 6.45) is 10.4. The predicted octanol–water partition coefficient (Wildman–Crippen LogP) is 4.50. The summed E-state index contributed by atoms with van der Waals surface area (Å²) in [5.74, 6) is 0. The molecule has 2 aromatic heterocycles. The lowest BCUT2D eigenvalue weighted by molar-refractivity contribution is 0.190. The highest BCUT2D eigenvalue weighted by atomic mass is 15.2. The van der Waals surface area contributed by atoms with Crippen LogP contribution < -0.4 is 5.32 Å². The zero-order valence-electron chi connectivity index (χ0n) is 18.7. The number of benzene rings is 2. The summed E-state index contributed by atoms with van der Waals surface area (Å²) in [6, 6.07) is 18.3. The maximum Gasteiger partial charge on any atom is 0.123 e. The Bertz CT molecular complexity index is 1110. The molecule has 0 amide bonds. The first-order chi connectivity index (χ1) is 15.8. The number of H-pyrrole nitrogens is 1. The Hall–Kier alpha value is -2.96. The number of piperidine rings is 1. The topological polar surface area (TPSA) is 61.8 Å². The van der Waals surface area contributed by atoms with Gasteiger partial charge in [-0.25, -0.2) is 0 Å². The van der Waals surface area contributed by atoms with Gasteiger partial charge in [0.15, 0.2) is 0 Å². The molecule has 1 aliphatic heterocycles. The van der Waals surface area contributed by atoms with Gasteiger partial charge in [0.25, 0.3) is 0 Å². The Labute approximate surface area is 189 Å². The molecular weight excluding hydrogens is 396 g/mol. The van der Waals surface area contributed by atoms with Gasteiger partial charge in [-0.1, -0.05) is 30.3 Å². The van der Waals surface area contributed by atoms with Crippen LogP contribution in [0.2, 0.25) is 0 Å². The number of hydrogen-bond acceptors (Lipinski definition) is 4. The third-order valence-corrected chi connectivity index (χ3v) is 6.76. The predicted molar refractivity (Wildman–Crippen MR) is 129 cm³/mol. The van der Waals surface area contributed by atoms with Gasteiger partial charge < -0.3 is 15.2 Å². The maximum absolute atomic E-state index is 3.92. The van der Waals surface area contributed by atoms with Crippen molar-refractivity contribution in [3.8, 4) is 5.69 Å². The summed E-state index contributed by atoms with van der Waals surface area (Å²) >= 11 is 0. The van der Waals surface area contributed by atoms with Crippen molar-refractivity contribution in [1.29, 1.82) is 0 Å². The fourth-order valence-electron chi connectivity index (χ4n) is 4.88. The lowest BCUT2D eigenvalue weighted by Crippen LogP contribution is -2.43. The van der Waals surface area contributed by atoms with Crippen LogP contribution in [0.3, 0.4) is 0 Å². The van der Waals surface area contributed by atoms with Crippen LogP contribution in [0.15, 0.2) is 67.4 Å². The van der Waals surface area contributed by atoms with E-state index in [0.29, 0.717) is 12.1 Å². The molecule has 0 bridgehead atoms. The van der Waals surface area contributed by atoms with Gasteiger partial charge in [-0.05, 0) is 81.6 Å². The van der Waals surface area contributed by atoms with Crippen molar-refractivity contribution >= 4 is 10.9 Å². The van der Waals surface area contributed by atoms with Crippen molar-refractivity contribution in [2.75, 3.05) is 19.6 Å². The first-order valence-electron chi connectivity index (χ1n) is 11.7. The highest BCUT2D eigenvalue weighted by Crippen LogP contribution is 2.23. The summed E-state index contributed by atoms with van der Waals surface area (Å²) in [6.45, 7) is 5.81. The van der Waals surface area contributed by atoms with Crippen LogP contribution in [-0.4, -0.2) is 50.3 Å². The van der Waals surface area contributed by atoms with Gasteiger partial charge in [0.1, 0.15) is 12.7 Å². The SMILES string of the molecule is C[C@@H](NC1CCN(CCCc2c[nH]c3ccc(-n4cnnc4)cc23)CC1)c1ccccc1. The first-order valence-corrected chi connectivity index (χ1v) is 11.7. The molecule has 3 heterocycles. The number of aryl methyl sites for hydroxylation is 1. The number of aromatic amines is 1. The lowest BCUT2D eigenvalue weighted by atomic mass is 10.0. The lowest BCUT2D eigenvalue weighted by Gasteiger charge is -2.34. The second-order valence-electron chi connectivity index (χ2n) is 8.93. The van der Waals surface area contributed by atoms with E-state index in [2.05, 4.69) is 87.0 Å². The summed E-state index contributed by atoms with van der Waals surface area (Å²) in [7, 11) is 0. The van der Waals surface area contributed by atoms with Crippen LogP contribution in [0.5, 0.6) is 0 Å². The molecule has 2 N–H and O–H groups in total. The molecule has 6 heteroatoms. The van der Waals surface area contributed by atoms with Crippen LogP contribution in [0.25, 0.3) is 16.6 Å². The van der Waals surface area contributed by atoms with Gasteiger partial charge in [0, 0.05) is 34.9 Å². The van der Waals surface area contributed by atoms with E-state index in [9.17, 15) is 0 Å². The molecule has 0 unspecified atom stereocenters. The largest absolute Gasteiger partial charge is 0.361 e. The van der Waals surface area contributed by atoms with Crippen LogP contribution >= 0.6 is 0 Å². The molecule has 1 fully saturated rings. The van der Waals surface area contributed by atoms with Crippen molar-refractivity contribution in [2.24, 2.45) is 0 Å². The van der Waals surface area contributed by atoms with Gasteiger partial charge in [-0.15, -0.1) is 10.2 Å². The summed E-state index contributed by atoms with van der Waals surface area (Å²) < 4.78 is 1.95. The quantitative estimate of drug-likeness (QED) is 0.434. The monoisotopic (exact) mass is 428 g/mol. The van der Waals surface area contributed by atoms with Gasteiger partial charge in [-0.3, -0.25) is 4.57 Å². The number of hydrogen-bond donors (Lipinski definition) is 2. The Morgan fingerprint density at radius 2 is 1.84 bits per heavy atom. The second kappa shape index (κ2) is 9.67. The Morgan fingerprint density at radius 1 is 1.06 bits per heavy atom. The molecule has 4 aromatic rings. The third kappa shape index (κ3) is 4.76.